The molecule has 3 rings (SSSR count). The van der Waals surface area contributed by atoms with Crippen LogP contribution < -0.4 is 10.1 Å². The second-order valence-electron chi connectivity index (χ2n) is 5.05. The molecule has 0 atom stereocenters. The average molecular weight is 359 g/mol. The van der Waals surface area contributed by atoms with Crippen molar-refractivity contribution in [2.45, 2.75) is 6.92 Å². The molecule has 0 fully saturated rings. The molecular weight excluding hydrogens is 346 g/mol. The first kappa shape index (κ1) is 16.7. The normalized spacial score (nSPS) is 10.5. The van der Waals surface area contributed by atoms with Gasteiger partial charge in [-0.3, -0.25) is 20.2 Å². The van der Waals surface area contributed by atoms with Gasteiger partial charge in [0.15, 0.2) is 16.6 Å². The molecule has 0 unspecified atom stereocenters. The summed E-state index contributed by atoms with van der Waals surface area (Å²) < 4.78 is 10.4. The van der Waals surface area contributed by atoms with Gasteiger partial charge in [-0.25, -0.2) is 4.98 Å². The molecule has 0 aliphatic rings. The van der Waals surface area contributed by atoms with E-state index in [4.69, 9.17) is 9.15 Å². The van der Waals surface area contributed by atoms with Crippen molar-refractivity contribution in [2.24, 2.45) is 0 Å². The number of thiazole rings is 1. The molecule has 2 aromatic heterocycles. The molecule has 0 saturated heterocycles. The predicted molar refractivity (Wildman–Crippen MR) is 92.2 cm³/mol. The summed E-state index contributed by atoms with van der Waals surface area (Å²) in [6.45, 7) is 1.83. The maximum Gasteiger partial charge on any atom is 0.311 e. The summed E-state index contributed by atoms with van der Waals surface area (Å²) in [5, 5.41) is 15.8. The topological polar surface area (TPSA) is 108 Å². The molecule has 0 saturated carbocycles. The van der Waals surface area contributed by atoms with Gasteiger partial charge >= 0.3 is 5.69 Å². The number of benzene rings is 1. The largest absolute Gasteiger partial charge is 0.490 e. The van der Waals surface area contributed by atoms with Crippen LogP contribution in [0.5, 0.6) is 5.75 Å². The van der Waals surface area contributed by atoms with E-state index >= 15 is 0 Å². The zero-order valence-electron chi connectivity index (χ0n) is 13.3. The number of amides is 1. The van der Waals surface area contributed by atoms with Crippen LogP contribution >= 0.6 is 11.3 Å². The van der Waals surface area contributed by atoms with Gasteiger partial charge in [-0.05, 0) is 31.2 Å². The lowest BCUT2D eigenvalue weighted by molar-refractivity contribution is -0.385. The van der Waals surface area contributed by atoms with Crippen molar-refractivity contribution in [1.82, 2.24) is 4.98 Å². The first-order chi connectivity index (χ1) is 12.0. The minimum atomic E-state index is -0.601. The number of hydrogen-bond donors (Lipinski definition) is 1. The van der Waals surface area contributed by atoms with Crippen molar-refractivity contribution in [1.29, 1.82) is 0 Å². The Morgan fingerprint density at radius 1 is 1.36 bits per heavy atom. The van der Waals surface area contributed by atoms with E-state index < -0.39 is 10.8 Å². The van der Waals surface area contributed by atoms with Gasteiger partial charge < -0.3 is 9.15 Å². The van der Waals surface area contributed by atoms with Crippen LogP contribution in [0.1, 0.15) is 16.1 Å². The van der Waals surface area contributed by atoms with Crippen molar-refractivity contribution >= 4 is 28.1 Å². The second kappa shape index (κ2) is 6.73. The minimum absolute atomic E-state index is 0.0891. The van der Waals surface area contributed by atoms with Crippen LogP contribution in [0.15, 0.2) is 40.1 Å². The molecule has 128 valence electrons. The van der Waals surface area contributed by atoms with Gasteiger partial charge in [0.1, 0.15) is 11.5 Å². The van der Waals surface area contributed by atoms with Crippen LogP contribution in [0, 0.1) is 17.0 Å². The van der Waals surface area contributed by atoms with Crippen LogP contribution in [0.3, 0.4) is 0 Å². The lowest BCUT2D eigenvalue weighted by Crippen LogP contribution is -2.12. The number of methoxy groups -OCH3 is 1. The highest BCUT2D eigenvalue weighted by Gasteiger charge is 2.19. The summed E-state index contributed by atoms with van der Waals surface area (Å²) in [5.74, 6) is 0.960. The molecule has 8 nitrogen and oxygen atoms in total. The molecule has 1 amide bonds. The SMILES string of the molecule is COc1ccc(C(=O)Nc2nc(-c3ccc(C)o3)cs2)cc1[N+](=O)[O-]. The number of ether oxygens (including phenoxy) is 1. The molecule has 0 radical (unpaired) electrons. The van der Waals surface area contributed by atoms with E-state index in [1.165, 1.54) is 36.6 Å². The molecule has 1 aromatic carbocycles. The van der Waals surface area contributed by atoms with Gasteiger partial charge in [-0.15, -0.1) is 11.3 Å². The summed E-state index contributed by atoms with van der Waals surface area (Å²) in [6, 6.07) is 7.61. The van der Waals surface area contributed by atoms with E-state index in [2.05, 4.69) is 10.3 Å². The van der Waals surface area contributed by atoms with E-state index in [1.807, 2.05) is 13.0 Å². The van der Waals surface area contributed by atoms with Crippen LogP contribution in [0.4, 0.5) is 10.8 Å². The second-order valence-corrected chi connectivity index (χ2v) is 5.90. The molecule has 1 N–H and O–H groups in total. The molecule has 3 aromatic rings. The number of rotatable bonds is 5. The van der Waals surface area contributed by atoms with Gasteiger partial charge in [-0.1, -0.05) is 0 Å². The number of furan rings is 1. The summed E-state index contributed by atoms with van der Waals surface area (Å²) in [6.07, 6.45) is 0. The Morgan fingerprint density at radius 3 is 2.80 bits per heavy atom. The number of anilines is 1. The number of nitrogens with one attached hydrogen (secondary N) is 1. The molecule has 9 heteroatoms. The van der Waals surface area contributed by atoms with Gasteiger partial charge in [0.05, 0.1) is 12.0 Å². The highest BCUT2D eigenvalue weighted by atomic mass is 32.1. The zero-order chi connectivity index (χ0) is 18.0. The molecular formula is C16H13N3O5S. The predicted octanol–water partition coefficient (Wildman–Crippen LogP) is 3.88. The number of nitrogens with zero attached hydrogens (tertiary/aromatic N) is 2. The third-order valence-electron chi connectivity index (χ3n) is 3.36. The first-order valence-corrected chi connectivity index (χ1v) is 8.02. The Labute approximate surface area is 146 Å². The van der Waals surface area contributed by atoms with Crippen molar-refractivity contribution in [2.75, 3.05) is 12.4 Å². The highest BCUT2D eigenvalue weighted by Crippen LogP contribution is 2.29. The van der Waals surface area contributed by atoms with Crippen LogP contribution in [-0.2, 0) is 0 Å². The van der Waals surface area contributed by atoms with Crippen LogP contribution in [0.2, 0.25) is 0 Å². The Morgan fingerprint density at radius 2 is 2.16 bits per heavy atom. The van der Waals surface area contributed by atoms with Gasteiger partial charge in [0.2, 0.25) is 0 Å². The average Bonchev–Trinajstić information content (AvgIpc) is 3.23. The van der Waals surface area contributed by atoms with Crippen molar-refractivity contribution in [3.63, 3.8) is 0 Å². The number of aromatic nitrogens is 1. The zero-order valence-corrected chi connectivity index (χ0v) is 14.1. The van der Waals surface area contributed by atoms with Crippen LogP contribution in [0.25, 0.3) is 11.5 Å². The number of aryl methyl sites for hydroxylation is 1. The van der Waals surface area contributed by atoms with Crippen molar-refractivity contribution < 1.29 is 18.9 Å². The first-order valence-electron chi connectivity index (χ1n) is 7.14. The maximum absolute atomic E-state index is 12.3. The van der Waals surface area contributed by atoms with E-state index in [0.717, 1.165) is 5.76 Å². The van der Waals surface area contributed by atoms with E-state index in [0.29, 0.717) is 16.6 Å². The summed E-state index contributed by atoms with van der Waals surface area (Å²) in [5.41, 5.74) is 0.466. The molecule has 0 bridgehead atoms. The lowest BCUT2D eigenvalue weighted by atomic mass is 10.2. The molecule has 0 aliphatic carbocycles. The lowest BCUT2D eigenvalue weighted by Gasteiger charge is -2.04. The van der Waals surface area contributed by atoms with E-state index in [9.17, 15) is 14.9 Å². The maximum atomic E-state index is 12.3. The van der Waals surface area contributed by atoms with Crippen LogP contribution in [-0.4, -0.2) is 22.9 Å². The van der Waals surface area contributed by atoms with Gasteiger partial charge in [0, 0.05) is 17.0 Å². The minimum Gasteiger partial charge on any atom is -0.490 e. The number of carbonyl (C=O) groups excluding carboxylic acids is 1. The highest BCUT2D eigenvalue weighted by molar-refractivity contribution is 7.14. The summed E-state index contributed by atoms with van der Waals surface area (Å²) in [4.78, 5) is 27.0. The number of carbonyl (C=O) groups is 1. The third-order valence-corrected chi connectivity index (χ3v) is 4.11. The summed E-state index contributed by atoms with van der Waals surface area (Å²) in [7, 11) is 1.33. The fourth-order valence-electron chi connectivity index (χ4n) is 2.16. The third kappa shape index (κ3) is 3.50. The van der Waals surface area contributed by atoms with E-state index in [1.54, 1.807) is 11.4 Å². The van der Waals surface area contributed by atoms with Gasteiger partial charge in [-0.2, -0.15) is 0 Å². The molecule has 2 heterocycles. The molecule has 0 spiro atoms. The standard InChI is InChI=1S/C16H13N3O5S/c1-9-3-5-13(24-9)11-8-25-16(17-11)18-15(20)10-4-6-14(23-2)12(7-10)19(21)22/h3-8H,1-2H3,(H,17,18,20). The fraction of sp³-hybridized carbons (Fsp3) is 0.125. The number of nitro groups is 1. The van der Waals surface area contributed by atoms with Gasteiger partial charge in [0.25, 0.3) is 5.91 Å². The number of nitro benzene ring substituents is 1. The Balaban J connectivity index is 1.80. The number of hydrogen-bond acceptors (Lipinski definition) is 7. The monoisotopic (exact) mass is 359 g/mol. The Bertz CT molecular complexity index is 947. The van der Waals surface area contributed by atoms with Crippen molar-refractivity contribution in [3.8, 4) is 17.2 Å². The van der Waals surface area contributed by atoms with Crippen molar-refractivity contribution in [3.05, 3.63) is 57.1 Å². The molecule has 25 heavy (non-hydrogen) atoms. The van der Waals surface area contributed by atoms with E-state index in [-0.39, 0.29) is 17.0 Å². The summed E-state index contributed by atoms with van der Waals surface area (Å²) >= 11 is 1.23. The Hall–Kier alpha value is -3.20. The fourth-order valence-corrected chi connectivity index (χ4v) is 2.85. The smallest absolute Gasteiger partial charge is 0.311 e. The Kier molecular flexibility index (Phi) is 4.48. The quantitative estimate of drug-likeness (QED) is 0.547. The molecule has 0 aliphatic heterocycles.